The van der Waals surface area contributed by atoms with Crippen molar-refractivity contribution in [2.24, 2.45) is 4.99 Å². The van der Waals surface area contributed by atoms with Crippen LogP contribution in [0.15, 0.2) is 41.5 Å². The van der Waals surface area contributed by atoms with E-state index in [1.807, 2.05) is 69.6 Å². The maximum atomic E-state index is 11.7. The number of hydrogen-bond donors (Lipinski definition) is 3. The number of nitrogens with one attached hydrogen (secondary N) is 3. The molecule has 1 amide bonds. The lowest BCUT2D eigenvalue weighted by Crippen LogP contribution is -2.42. The normalized spacial score (nSPS) is 11.5. The van der Waals surface area contributed by atoms with E-state index in [1.165, 1.54) is 5.56 Å². The van der Waals surface area contributed by atoms with Crippen LogP contribution in [0.25, 0.3) is 5.69 Å². The molecular weight excluding hydrogens is 519 g/mol. The van der Waals surface area contributed by atoms with E-state index in [9.17, 15) is 4.79 Å². The second kappa shape index (κ2) is 14.0. The highest BCUT2D eigenvalue weighted by Crippen LogP contribution is 2.13. The van der Waals surface area contributed by atoms with Gasteiger partial charge in [0.05, 0.1) is 11.4 Å². The molecule has 0 aliphatic heterocycles. The summed E-state index contributed by atoms with van der Waals surface area (Å²) in [5, 5.41) is 13.8. The standard InChI is InChI=1S/C23H36N6O2.HI/c1-6-24-21(26-15-16-27-22(30)31-23(3,4)5)25-14-10-11-19-17-29(28-18(19)2)20-12-8-7-9-13-20;/h7-9,12-13,17H,6,10-11,14-16H2,1-5H3,(H,27,30)(H2,24,25,26);1H. The summed E-state index contributed by atoms with van der Waals surface area (Å²) in [4.78, 5) is 16.3. The third-order valence-electron chi connectivity index (χ3n) is 4.33. The van der Waals surface area contributed by atoms with Gasteiger partial charge in [-0.2, -0.15) is 5.10 Å². The van der Waals surface area contributed by atoms with E-state index in [-0.39, 0.29) is 24.0 Å². The number of rotatable bonds is 9. The number of hydrogen-bond acceptors (Lipinski definition) is 4. The molecule has 1 heterocycles. The molecule has 178 valence electrons. The largest absolute Gasteiger partial charge is 0.444 e. The van der Waals surface area contributed by atoms with Crippen molar-refractivity contribution >= 4 is 36.0 Å². The van der Waals surface area contributed by atoms with Crippen molar-refractivity contribution < 1.29 is 9.53 Å². The fourth-order valence-electron chi connectivity index (χ4n) is 2.92. The maximum Gasteiger partial charge on any atom is 0.407 e. The van der Waals surface area contributed by atoms with Crippen molar-refractivity contribution in [3.05, 3.63) is 47.8 Å². The van der Waals surface area contributed by atoms with Gasteiger partial charge in [-0.25, -0.2) is 9.48 Å². The van der Waals surface area contributed by atoms with Crippen molar-refractivity contribution in [1.29, 1.82) is 0 Å². The number of benzene rings is 1. The van der Waals surface area contributed by atoms with Gasteiger partial charge < -0.3 is 20.7 Å². The maximum absolute atomic E-state index is 11.7. The number of guanidine groups is 1. The quantitative estimate of drug-likeness (QED) is 0.189. The second-order valence-electron chi connectivity index (χ2n) is 8.24. The van der Waals surface area contributed by atoms with Crippen molar-refractivity contribution in [2.75, 3.05) is 26.2 Å². The molecule has 1 aromatic heterocycles. The summed E-state index contributed by atoms with van der Waals surface area (Å²) in [7, 11) is 0. The number of carbonyl (C=O) groups is 1. The van der Waals surface area contributed by atoms with E-state index in [0.717, 1.165) is 36.7 Å². The monoisotopic (exact) mass is 556 g/mol. The molecule has 2 rings (SSSR count). The van der Waals surface area contributed by atoms with Gasteiger partial charge in [-0.3, -0.25) is 4.99 Å². The fourth-order valence-corrected chi connectivity index (χ4v) is 2.92. The molecule has 0 aliphatic rings. The molecule has 1 aromatic carbocycles. The average molecular weight is 556 g/mol. The first-order valence-corrected chi connectivity index (χ1v) is 10.9. The Hall–Kier alpha value is -2.30. The molecular formula is C23H37IN6O2. The van der Waals surface area contributed by atoms with Crippen molar-refractivity contribution in [2.45, 2.75) is 53.1 Å². The lowest BCUT2D eigenvalue weighted by molar-refractivity contribution is 0.0529. The average Bonchev–Trinajstić information content (AvgIpc) is 3.08. The van der Waals surface area contributed by atoms with Crippen LogP contribution in [0.3, 0.4) is 0 Å². The number of nitrogens with zero attached hydrogens (tertiary/aromatic N) is 3. The molecule has 2 aromatic rings. The Balaban J connectivity index is 0.00000512. The van der Waals surface area contributed by atoms with Crippen molar-refractivity contribution in [3.8, 4) is 5.69 Å². The van der Waals surface area contributed by atoms with Crippen LogP contribution in [0.5, 0.6) is 0 Å². The number of para-hydroxylation sites is 1. The number of aryl methyl sites for hydroxylation is 2. The number of aromatic nitrogens is 2. The summed E-state index contributed by atoms with van der Waals surface area (Å²) in [5.41, 5.74) is 2.85. The van der Waals surface area contributed by atoms with Crippen molar-refractivity contribution in [1.82, 2.24) is 25.7 Å². The minimum Gasteiger partial charge on any atom is -0.444 e. The van der Waals surface area contributed by atoms with E-state index >= 15 is 0 Å². The number of alkyl carbamates (subject to hydrolysis) is 1. The van der Waals surface area contributed by atoms with Crippen LogP contribution in [0.1, 0.15) is 45.4 Å². The topological polar surface area (TPSA) is 92.6 Å². The Morgan fingerprint density at radius 2 is 1.81 bits per heavy atom. The van der Waals surface area contributed by atoms with Crippen LogP contribution in [0, 0.1) is 6.92 Å². The van der Waals surface area contributed by atoms with Gasteiger partial charge in [-0.05, 0) is 65.2 Å². The Bertz CT molecular complexity index is 846. The first kappa shape index (κ1) is 27.7. The molecule has 9 heteroatoms. The molecule has 3 N–H and O–H groups in total. The molecule has 32 heavy (non-hydrogen) atoms. The highest BCUT2D eigenvalue weighted by atomic mass is 127. The van der Waals surface area contributed by atoms with Gasteiger partial charge >= 0.3 is 6.09 Å². The Labute approximate surface area is 208 Å². The van der Waals surface area contributed by atoms with Crippen LogP contribution >= 0.6 is 24.0 Å². The Morgan fingerprint density at radius 1 is 1.12 bits per heavy atom. The zero-order chi connectivity index (χ0) is 22.7. The van der Waals surface area contributed by atoms with Gasteiger partial charge in [0.1, 0.15) is 5.60 Å². The lowest BCUT2D eigenvalue weighted by Gasteiger charge is -2.19. The SMILES string of the molecule is CCNC(=NCCCc1cn(-c2ccccc2)nc1C)NCCNC(=O)OC(C)(C)C.I. The van der Waals surface area contributed by atoms with Crippen LogP contribution in [0.4, 0.5) is 4.79 Å². The summed E-state index contributed by atoms with van der Waals surface area (Å²) in [6.07, 6.45) is 3.53. The molecule has 0 saturated carbocycles. The number of carbonyl (C=O) groups excluding carboxylic acids is 1. The zero-order valence-corrected chi connectivity index (χ0v) is 22.1. The molecule has 0 atom stereocenters. The molecule has 0 bridgehead atoms. The van der Waals surface area contributed by atoms with E-state index < -0.39 is 11.7 Å². The highest BCUT2D eigenvalue weighted by molar-refractivity contribution is 14.0. The van der Waals surface area contributed by atoms with E-state index in [0.29, 0.717) is 19.6 Å². The molecule has 0 fully saturated rings. The fraction of sp³-hybridized carbons (Fsp3) is 0.522. The summed E-state index contributed by atoms with van der Waals surface area (Å²) >= 11 is 0. The third kappa shape index (κ3) is 10.3. The predicted molar refractivity (Wildman–Crippen MR) is 140 cm³/mol. The molecule has 0 aliphatic carbocycles. The van der Waals surface area contributed by atoms with Gasteiger partial charge in [0.15, 0.2) is 5.96 Å². The zero-order valence-electron chi connectivity index (χ0n) is 19.8. The van der Waals surface area contributed by atoms with Gasteiger partial charge in [-0.1, -0.05) is 18.2 Å². The summed E-state index contributed by atoms with van der Waals surface area (Å²) < 4.78 is 7.15. The third-order valence-corrected chi connectivity index (χ3v) is 4.33. The number of amides is 1. The van der Waals surface area contributed by atoms with E-state index in [2.05, 4.69) is 32.2 Å². The summed E-state index contributed by atoms with van der Waals surface area (Å²) in [6, 6.07) is 10.1. The second-order valence-corrected chi connectivity index (χ2v) is 8.24. The minimum absolute atomic E-state index is 0. The molecule has 0 saturated heterocycles. The van der Waals surface area contributed by atoms with Gasteiger partial charge in [0.25, 0.3) is 0 Å². The number of ether oxygens (including phenoxy) is 1. The first-order valence-electron chi connectivity index (χ1n) is 10.9. The van der Waals surface area contributed by atoms with Crippen LogP contribution < -0.4 is 16.0 Å². The lowest BCUT2D eigenvalue weighted by atomic mass is 10.1. The van der Waals surface area contributed by atoms with Crippen molar-refractivity contribution in [3.63, 3.8) is 0 Å². The smallest absolute Gasteiger partial charge is 0.407 e. The minimum atomic E-state index is -0.496. The molecule has 0 spiro atoms. The first-order chi connectivity index (χ1) is 14.8. The number of halogens is 1. The Morgan fingerprint density at radius 3 is 2.47 bits per heavy atom. The molecule has 8 nitrogen and oxygen atoms in total. The summed E-state index contributed by atoms with van der Waals surface area (Å²) in [6.45, 7) is 12.1. The van der Waals surface area contributed by atoms with Crippen LogP contribution in [-0.4, -0.2) is 53.6 Å². The predicted octanol–water partition coefficient (Wildman–Crippen LogP) is 3.81. The van der Waals surface area contributed by atoms with Gasteiger partial charge in [0.2, 0.25) is 0 Å². The van der Waals surface area contributed by atoms with Gasteiger partial charge in [0, 0.05) is 32.4 Å². The molecule has 0 radical (unpaired) electrons. The van der Waals surface area contributed by atoms with E-state index in [4.69, 9.17) is 4.74 Å². The van der Waals surface area contributed by atoms with E-state index in [1.54, 1.807) is 0 Å². The highest BCUT2D eigenvalue weighted by Gasteiger charge is 2.15. The van der Waals surface area contributed by atoms with Gasteiger partial charge in [-0.15, -0.1) is 24.0 Å². The number of aliphatic imine (C=N–C) groups is 1. The summed E-state index contributed by atoms with van der Waals surface area (Å²) in [5.74, 6) is 0.741. The molecule has 0 unspecified atom stereocenters. The van der Waals surface area contributed by atoms with Crippen LogP contribution in [-0.2, 0) is 11.2 Å². The Kier molecular flexibility index (Phi) is 12.1. The van der Waals surface area contributed by atoms with Crippen LogP contribution in [0.2, 0.25) is 0 Å².